The average Bonchev–Trinajstić information content (AvgIpc) is 3.46. The quantitative estimate of drug-likeness (QED) is 0.465. The molecule has 1 N–H and O–H groups in total. The zero-order chi connectivity index (χ0) is 22.3. The van der Waals surface area contributed by atoms with E-state index in [1.165, 1.54) is 11.3 Å². The third kappa shape index (κ3) is 6.22. The van der Waals surface area contributed by atoms with Gasteiger partial charge in [-0.05, 0) is 61.7 Å². The van der Waals surface area contributed by atoms with Gasteiger partial charge in [0.1, 0.15) is 34.6 Å². The molecule has 8 heteroatoms. The lowest BCUT2D eigenvalue weighted by Gasteiger charge is -2.12. The second-order valence-corrected chi connectivity index (χ2v) is 9.06. The van der Waals surface area contributed by atoms with Crippen LogP contribution in [0.15, 0.2) is 48.5 Å². The molecule has 1 amide bonds. The van der Waals surface area contributed by atoms with Crippen LogP contribution in [0.3, 0.4) is 0 Å². The van der Waals surface area contributed by atoms with Gasteiger partial charge in [-0.2, -0.15) is 0 Å². The molecule has 1 saturated heterocycles. The molecule has 168 valence electrons. The van der Waals surface area contributed by atoms with E-state index in [4.69, 9.17) is 25.8 Å². The van der Waals surface area contributed by atoms with Crippen molar-refractivity contribution in [3.8, 4) is 11.5 Å². The van der Waals surface area contributed by atoms with Crippen LogP contribution in [-0.4, -0.2) is 30.2 Å². The number of thiazole rings is 1. The smallest absolute Gasteiger partial charge is 0.263 e. The summed E-state index contributed by atoms with van der Waals surface area (Å²) in [6.45, 7) is 3.96. The third-order valence-corrected chi connectivity index (χ3v) is 6.44. The van der Waals surface area contributed by atoms with E-state index in [1.807, 2.05) is 31.2 Å². The van der Waals surface area contributed by atoms with Gasteiger partial charge in [-0.25, -0.2) is 4.98 Å². The Bertz CT molecular complexity index is 1030. The molecular weight excluding hydrogens is 448 g/mol. The maximum atomic E-state index is 12.6. The van der Waals surface area contributed by atoms with Gasteiger partial charge in [0.05, 0.1) is 11.8 Å². The Hall–Kier alpha value is -2.61. The standard InChI is InChI=1S/C24H25ClN2O4S/c1-16-23(32-22(27-16)15-31-20-10-6-18(25)7-11-20)24(28)26-13-17-4-8-19(9-5-17)30-14-21-3-2-12-29-21/h4-11,21H,2-3,12-15H2,1H3,(H,26,28). The molecule has 1 atom stereocenters. The molecule has 1 aliphatic rings. The molecule has 0 bridgehead atoms. The van der Waals surface area contributed by atoms with Crippen LogP contribution in [0.4, 0.5) is 0 Å². The largest absolute Gasteiger partial charge is 0.491 e. The number of benzene rings is 2. The third-order valence-electron chi connectivity index (χ3n) is 5.06. The van der Waals surface area contributed by atoms with Crippen molar-refractivity contribution in [2.45, 2.75) is 39.0 Å². The highest BCUT2D eigenvalue weighted by Gasteiger charge is 2.17. The van der Waals surface area contributed by atoms with E-state index in [0.29, 0.717) is 41.1 Å². The van der Waals surface area contributed by atoms with Crippen LogP contribution in [0, 0.1) is 6.92 Å². The summed E-state index contributed by atoms with van der Waals surface area (Å²) in [4.78, 5) is 17.7. The first-order valence-electron chi connectivity index (χ1n) is 10.5. The number of hydrogen-bond donors (Lipinski definition) is 1. The van der Waals surface area contributed by atoms with Crippen LogP contribution < -0.4 is 14.8 Å². The summed E-state index contributed by atoms with van der Waals surface area (Å²) in [5, 5.41) is 4.36. The Morgan fingerprint density at radius 3 is 2.59 bits per heavy atom. The first-order valence-corrected chi connectivity index (χ1v) is 11.7. The van der Waals surface area contributed by atoms with E-state index >= 15 is 0 Å². The first-order chi connectivity index (χ1) is 15.6. The average molecular weight is 473 g/mol. The molecule has 4 rings (SSSR count). The number of aryl methyl sites for hydroxylation is 1. The Kier molecular flexibility index (Phi) is 7.63. The molecule has 3 aromatic rings. The first kappa shape index (κ1) is 22.6. The highest BCUT2D eigenvalue weighted by Crippen LogP contribution is 2.22. The van der Waals surface area contributed by atoms with Gasteiger partial charge in [0, 0.05) is 18.2 Å². The molecule has 1 aliphatic heterocycles. The summed E-state index contributed by atoms with van der Waals surface area (Å²) < 4.78 is 17.1. The Morgan fingerprint density at radius 1 is 1.16 bits per heavy atom. The van der Waals surface area contributed by atoms with Crippen molar-refractivity contribution < 1.29 is 19.0 Å². The van der Waals surface area contributed by atoms with Crippen molar-refractivity contribution >= 4 is 28.8 Å². The van der Waals surface area contributed by atoms with Gasteiger partial charge in [0.25, 0.3) is 5.91 Å². The number of carbonyl (C=O) groups excluding carboxylic acids is 1. The maximum Gasteiger partial charge on any atom is 0.263 e. The van der Waals surface area contributed by atoms with Crippen molar-refractivity contribution in [3.63, 3.8) is 0 Å². The molecule has 1 aromatic heterocycles. The molecule has 0 radical (unpaired) electrons. The monoisotopic (exact) mass is 472 g/mol. The normalized spacial score (nSPS) is 15.5. The van der Waals surface area contributed by atoms with Crippen molar-refractivity contribution in [2.24, 2.45) is 0 Å². The second kappa shape index (κ2) is 10.8. The number of amides is 1. The Morgan fingerprint density at radius 2 is 1.88 bits per heavy atom. The van der Waals surface area contributed by atoms with Gasteiger partial charge in [-0.1, -0.05) is 23.7 Å². The van der Waals surface area contributed by atoms with Crippen molar-refractivity contribution in [3.05, 3.63) is 74.7 Å². The fourth-order valence-electron chi connectivity index (χ4n) is 3.33. The molecule has 6 nitrogen and oxygen atoms in total. The van der Waals surface area contributed by atoms with Crippen LogP contribution in [0.5, 0.6) is 11.5 Å². The zero-order valence-electron chi connectivity index (χ0n) is 17.8. The van der Waals surface area contributed by atoms with Crippen LogP contribution in [0.25, 0.3) is 0 Å². The van der Waals surface area contributed by atoms with Gasteiger partial charge in [-0.3, -0.25) is 4.79 Å². The van der Waals surface area contributed by atoms with Crippen molar-refractivity contribution in [1.82, 2.24) is 10.3 Å². The summed E-state index contributed by atoms with van der Waals surface area (Å²) >= 11 is 7.23. The predicted octanol–water partition coefficient (Wildman–Crippen LogP) is 5.17. The topological polar surface area (TPSA) is 69.7 Å². The number of aromatic nitrogens is 1. The predicted molar refractivity (Wildman–Crippen MR) is 125 cm³/mol. The molecule has 0 spiro atoms. The molecule has 2 aromatic carbocycles. The van der Waals surface area contributed by atoms with Crippen LogP contribution >= 0.6 is 22.9 Å². The van der Waals surface area contributed by atoms with Gasteiger partial charge >= 0.3 is 0 Å². The molecule has 1 fully saturated rings. The van der Waals surface area contributed by atoms with E-state index < -0.39 is 0 Å². The number of rotatable bonds is 9. The van der Waals surface area contributed by atoms with E-state index in [0.717, 1.165) is 35.8 Å². The molecule has 1 unspecified atom stereocenters. The van der Waals surface area contributed by atoms with Gasteiger partial charge < -0.3 is 19.5 Å². The van der Waals surface area contributed by atoms with Crippen LogP contribution in [0.1, 0.15) is 38.8 Å². The fourth-order valence-corrected chi connectivity index (χ4v) is 4.35. The van der Waals surface area contributed by atoms with E-state index in [2.05, 4.69) is 10.3 Å². The van der Waals surface area contributed by atoms with E-state index in [9.17, 15) is 4.79 Å². The minimum atomic E-state index is -0.142. The molecule has 2 heterocycles. The lowest BCUT2D eigenvalue weighted by atomic mass is 10.2. The van der Waals surface area contributed by atoms with Crippen molar-refractivity contribution in [2.75, 3.05) is 13.2 Å². The molecule has 32 heavy (non-hydrogen) atoms. The number of nitrogens with zero attached hydrogens (tertiary/aromatic N) is 1. The van der Waals surface area contributed by atoms with E-state index in [1.54, 1.807) is 24.3 Å². The SMILES string of the molecule is Cc1nc(COc2ccc(Cl)cc2)sc1C(=O)NCc1ccc(OCC2CCCO2)cc1. The minimum Gasteiger partial charge on any atom is -0.491 e. The van der Waals surface area contributed by atoms with Crippen LogP contribution in [-0.2, 0) is 17.9 Å². The number of carbonyl (C=O) groups is 1. The van der Waals surface area contributed by atoms with Gasteiger partial charge in [0.15, 0.2) is 0 Å². The summed E-state index contributed by atoms with van der Waals surface area (Å²) in [5.41, 5.74) is 1.69. The second-order valence-electron chi connectivity index (χ2n) is 7.54. The summed E-state index contributed by atoms with van der Waals surface area (Å²) in [6.07, 6.45) is 2.34. The summed E-state index contributed by atoms with van der Waals surface area (Å²) in [6, 6.07) is 14.9. The maximum absolute atomic E-state index is 12.6. The minimum absolute atomic E-state index is 0.142. The summed E-state index contributed by atoms with van der Waals surface area (Å²) in [5.74, 6) is 1.37. The van der Waals surface area contributed by atoms with Gasteiger partial charge in [0.2, 0.25) is 0 Å². The number of halogens is 1. The van der Waals surface area contributed by atoms with E-state index in [-0.39, 0.29) is 12.0 Å². The highest BCUT2D eigenvalue weighted by molar-refractivity contribution is 7.13. The lowest BCUT2D eigenvalue weighted by Crippen LogP contribution is -2.22. The number of hydrogen-bond acceptors (Lipinski definition) is 6. The van der Waals surface area contributed by atoms with Gasteiger partial charge in [-0.15, -0.1) is 11.3 Å². The van der Waals surface area contributed by atoms with Crippen LogP contribution in [0.2, 0.25) is 5.02 Å². The molecular formula is C24H25ClN2O4S. The molecule has 0 saturated carbocycles. The fraction of sp³-hybridized carbons (Fsp3) is 0.333. The number of ether oxygens (including phenoxy) is 3. The summed E-state index contributed by atoms with van der Waals surface area (Å²) in [7, 11) is 0. The Labute approximate surface area is 196 Å². The highest BCUT2D eigenvalue weighted by atomic mass is 35.5. The Balaban J connectivity index is 1.25. The zero-order valence-corrected chi connectivity index (χ0v) is 19.4. The number of nitrogens with one attached hydrogen (secondary N) is 1. The molecule has 0 aliphatic carbocycles. The van der Waals surface area contributed by atoms with Crippen molar-refractivity contribution in [1.29, 1.82) is 0 Å². The lowest BCUT2D eigenvalue weighted by molar-refractivity contribution is 0.0679.